The van der Waals surface area contributed by atoms with Crippen LogP contribution in [0.25, 0.3) is 0 Å². The fourth-order valence-corrected chi connectivity index (χ4v) is 2.70. The van der Waals surface area contributed by atoms with Gasteiger partial charge in [0.1, 0.15) is 6.54 Å². The molecule has 0 aliphatic carbocycles. The third-order valence-corrected chi connectivity index (χ3v) is 4.52. The molecule has 9 nitrogen and oxygen atoms in total. The Labute approximate surface area is 183 Å². The number of nitro groups is 1. The van der Waals surface area contributed by atoms with E-state index >= 15 is 0 Å². The summed E-state index contributed by atoms with van der Waals surface area (Å²) in [6.45, 7) is 5.16. The van der Waals surface area contributed by atoms with Crippen LogP contribution in [0.15, 0.2) is 42.5 Å². The molecule has 10 heteroatoms. The van der Waals surface area contributed by atoms with Gasteiger partial charge in [0.15, 0.2) is 6.61 Å². The molecule has 31 heavy (non-hydrogen) atoms. The summed E-state index contributed by atoms with van der Waals surface area (Å²) in [6.07, 6.45) is 0. The van der Waals surface area contributed by atoms with Crippen molar-refractivity contribution in [1.29, 1.82) is 0 Å². The Kier molecular flexibility index (Phi) is 7.71. The lowest BCUT2D eigenvalue weighted by molar-refractivity contribution is -0.384. The van der Waals surface area contributed by atoms with Gasteiger partial charge >= 0.3 is 5.97 Å². The maximum Gasteiger partial charge on any atom is 0.325 e. The minimum atomic E-state index is -0.801. The summed E-state index contributed by atoms with van der Waals surface area (Å²) in [7, 11) is 0. The Morgan fingerprint density at radius 3 is 2.29 bits per heavy atom. The zero-order chi connectivity index (χ0) is 23.2. The topological polar surface area (TPSA) is 128 Å². The Bertz CT molecular complexity index is 999. The number of esters is 1. The maximum atomic E-state index is 12.1. The molecule has 2 N–H and O–H groups in total. The first-order valence-corrected chi connectivity index (χ1v) is 9.63. The van der Waals surface area contributed by atoms with Crippen molar-refractivity contribution < 1.29 is 24.0 Å². The van der Waals surface area contributed by atoms with Crippen molar-refractivity contribution in [3.63, 3.8) is 0 Å². The van der Waals surface area contributed by atoms with Gasteiger partial charge in [-0.3, -0.25) is 24.5 Å². The zero-order valence-electron chi connectivity index (χ0n) is 17.2. The summed E-state index contributed by atoms with van der Waals surface area (Å²) in [4.78, 5) is 45.9. The molecule has 0 unspecified atom stereocenters. The largest absolute Gasteiger partial charge is 0.454 e. The van der Waals surface area contributed by atoms with Crippen LogP contribution < -0.4 is 10.6 Å². The van der Waals surface area contributed by atoms with E-state index < -0.39 is 35.9 Å². The second-order valence-corrected chi connectivity index (χ2v) is 8.05. The normalized spacial score (nSPS) is 10.8. The Morgan fingerprint density at radius 1 is 1.10 bits per heavy atom. The number of halogens is 1. The minimum Gasteiger partial charge on any atom is -0.454 e. The molecule has 0 heterocycles. The van der Waals surface area contributed by atoms with Crippen molar-refractivity contribution >= 4 is 40.8 Å². The van der Waals surface area contributed by atoms with Gasteiger partial charge in [-0.1, -0.05) is 44.5 Å². The summed E-state index contributed by atoms with van der Waals surface area (Å²) in [5.41, 5.74) is 1.34. The van der Waals surface area contributed by atoms with Crippen molar-refractivity contribution in [3.05, 3.63) is 68.7 Å². The molecule has 0 atom stereocenters. The molecule has 0 saturated heterocycles. The van der Waals surface area contributed by atoms with Gasteiger partial charge in [-0.2, -0.15) is 0 Å². The molecule has 2 rings (SSSR count). The summed E-state index contributed by atoms with van der Waals surface area (Å²) in [5, 5.41) is 15.5. The van der Waals surface area contributed by atoms with Crippen LogP contribution in [-0.4, -0.2) is 35.9 Å². The fourth-order valence-electron chi connectivity index (χ4n) is 2.48. The van der Waals surface area contributed by atoms with Gasteiger partial charge in [0, 0.05) is 17.7 Å². The number of nitrogens with one attached hydrogen (secondary N) is 2. The fraction of sp³-hybridized carbons (Fsp3) is 0.286. The van der Waals surface area contributed by atoms with Crippen LogP contribution in [0.1, 0.15) is 36.7 Å². The second-order valence-electron chi connectivity index (χ2n) is 7.64. The van der Waals surface area contributed by atoms with Crippen molar-refractivity contribution in [2.24, 2.45) is 0 Å². The number of ether oxygens (including phenoxy) is 1. The average molecular weight is 448 g/mol. The molecule has 2 aromatic rings. The molecule has 0 radical (unpaired) electrons. The lowest BCUT2D eigenvalue weighted by Crippen LogP contribution is -2.32. The smallest absolute Gasteiger partial charge is 0.325 e. The van der Waals surface area contributed by atoms with E-state index in [1.165, 1.54) is 12.1 Å². The number of anilines is 1. The standard InChI is InChI=1S/C21H22ClN3O6/c1-21(2,3)14-6-4-13(5-7-14)20(28)23-11-19(27)31-12-18(26)24-17-9-8-15(25(29)30)10-16(17)22/h4-10H,11-12H2,1-3H3,(H,23,28)(H,24,26). The summed E-state index contributed by atoms with van der Waals surface area (Å²) in [5.74, 6) is -1.93. The number of non-ortho nitro benzene ring substituents is 1. The second kappa shape index (κ2) is 10.0. The summed E-state index contributed by atoms with van der Waals surface area (Å²) in [6, 6.07) is 10.6. The molecule has 0 aliphatic rings. The average Bonchev–Trinajstić information content (AvgIpc) is 2.71. The van der Waals surface area contributed by atoms with Gasteiger partial charge < -0.3 is 15.4 Å². The van der Waals surface area contributed by atoms with Gasteiger partial charge in [0.05, 0.1) is 15.6 Å². The molecule has 0 spiro atoms. The molecule has 0 aliphatic heterocycles. The number of carbonyl (C=O) groups excluding carboxylic acids is 3. The Hall–Kier alpha value is -3.46. The van der Waals surface area contributed by atoms with E-state index in [1.54, 1.807) is 12.1 Å². The van der Waals surface area contributed by atoms with E-state index in [0.29, 0.717) is 5.56 Å². The summed E-state index contributed by atoms with van der Waals surface area (Å²) < 4.78 is 4.81. The van der Waals surface area contributed by atoms with Gasteiger partial charge in [-0.15, -0.1) is 0 Å². The number of amides is 2. The monoisotopic (exact) mass is 447 g/mol. The highest BCUT2D eigenvalue weighted by Crippen LogP contribution is 2.26. The van der Waals surface area contributed by atoms with E-state index in [0.717, 1.165) is 11.6 Å². The molecule has 164 valence electrons. The van der Waals surface area contributed by atoms with E-state index in [4.69, 9.17) is 16.3 Å². The highest BCUT2D eigenvalue weighted by Gasteiger charge is 2.16. The Balaban J connectivity index is 1.79. The quantitative estimate of drug-likeness (QED) is 0.380. The van der Waals surface area contributed by atoms with Crippen molar-refractivity contribution in [1.82, 2.24) is 5.32 Å². The first kappa shape index (κ1) is 23.8. The van der Waals surface area contributed by atoms with Crippen LogP contribution in [0.5, 0.6) is 0 Å². The Morgan fingerprint density at radius 2 is 1.74 bits per heavy atom. The van der Waals surface area contributed by atoms with Gasteiger partial charge in [-0.05, 0) is 29.2 Å². The van der Waals surface area contributed by atoms with Gasteiger partial charge in [0.2, 0.25) is 0 Å². The van der Waals surface area contributed by atoms with Gasteiger partial charge in [-0.25, -0.2) is 0 Å². The predicted molar refractivity (Wildman–Crippen MR) is 115 cm³/mol. The predicted octanol–water partition coefficient (Wildman–Crippen LogP) is 3.46. The molecule has 2 aromatic carbocycles. The molecule has 0 fully saturated rings. The van der Waals surface area contributed by atoms with Crippen molar-refractivity contribution in [3.8, 4) is 0 Å². The molecular formula is C21H22ClN3O6. The number of nitro benzene ring substituents is 1. The van der Waals surface area contributed by atoms with E-state index in [1.807, 2.05) is 12.1 Å². The first-order chi connectivity index (χ1) is 14.5. The third kappa shape index (κ3) is 7.07. The van der Waals surface area contributed by atoms with Crippen molar-refractivity contribution in [2.45, 2.75) is 26.2 Å². The molecular weight excluding hydrogens is 426 g/mol. The van der Waals surface area contributed by atoms with Crippen molar-refractivity contribution in [2.75, 3.05) is 18.5 Å². The molecule has 0 aromatic heterocycles. The molecule has 0 bridgehead atoms. The first-order valence-electron chi connectivity index (χ1n) is 9.25. The lowest BCUT2D eigenvalue weighted by Gasteiger charge is -2.19. The minimum absolute atomic E-state index is 0.0291. The number of rotatable bonds is 7. The van der Waals surface area contributed by atoms with E-state index in [2.05, 4.69) is 31.4 Å². The number of benzene rings is 2. The van der Waals surface area contributed by atoms with Crippen LogP contribution in [0.4, 0.5) is 11.4 Å². The molecule has 2 amide bonds. The van der Waals surface area contributed by atoms with E-state index in [-0.39, 0.29) is 21.8 Å². The number of hydrogen-bond acceptors (Lipinski definition) is 6. The van der Waals surface area contributed by atoms with Gasteiger partial charge in [0.25, 0.3) is 17.5 Å². The zero-order valence-corrected chi connectivity index (χ0v) is 18.0. The third-order valence-electron chi connectivity index (χ3n) is 4.21. The van der Waals surface area contributed by atoms with Crippen LogP contribution in [0.2, 0.25) is 5.02 Å². The number of hydrogen-bond donors (Lipinski definition) is 2. The van der Waals surface area contributed by atoms with Crippen LogP contribution in [0.3, 0.4) is 0 Å². The SMILES string of the molecule is CC(C)(C)c1ccc(C(=O)NCC(=O)OCC(=O)Nc2ccc([N+](=O)[O-])cc2Cl)cc1. The number of carbonyl (C=O) groups is 3. The highest BCUT2D eigenvalue weighted by molar-refractivity contribution is 6.34. The van der Waals surface area contributed by atoms with Crippen LogP contribution >= 0.6 is 11.6 Å². The van der Waals surface area contributed by atoms with E-state index in [9.17, 15) is 24.5 Å². The molecule has 0 saturated carbocycles. The summed E-state index contributed by atoms with van der Waals surface area (Å²) >= 11 is 5.88. The van der Waals surface area contributed by atoms with Crippen LogP contribution in [-0.2, 0) is 19.7 Å². The number of nitrogens with zero attached hydrogens (tertiary/aromatic N) is 1. The highest BCUT2D eigenvalue weighted by atomic mass is 35.5. The lowest BCUT2D eigenvalue weighted by atomic mass is 9.87. The van der Waals surface area contributed by atoms with Crippen LogP contribution in [0, 0.1) is 10.1 Å². The maximum absolute atomic E-state index is 12.1.